The molecule has 208 valence electrons. The molecule has 1 fully saturated rings. The predicted molar refractivity (Wildman–Crippen MR) is 152 cm³/mol. The second-order valence-electron chi connectivity index (χ2n) is 9.63. The molecule has 1 aliphatic rings. The lowest BCUT2D eigenvalue weighted by Crippen LogP contribution is -2.34. The van der Waals surface area contributed by atoms with Crippen molar-refractivity contribution < 1.29 is 14.3 Å². The molecule has 0 atom stereocenters. The molecular weight excluding hydrogens is 553 g/mol. The third-order valence-electron chi connectivity index (χ3n) is 6.66. The number of carbonyl (C=O) groups excluding carboxylic acids is 1. The number of methoxy groups -OCH3 is 1. The van der Waals surface area contributed by atoms with Gasteiger partial charge in [-0.1, -0.05) is 23.2 Å². The Morgan fingerprint density at radius 3 is 2.50 bits per heavy atom. The molecule has 0 amide bonds. The minimum absolute atomic E-state index is 0.148. The maximum Gasteiger partial charge on any atom is 0.305 e. The highest BCUT2D eigenvalue weighted by molar-refractivity contribution is 6.35. The Kier molecular flexibility index (Phi) is 9.10. The Morgan fingerprint density at radius 1 is 1.07 bits per heavy atom. The van der Waals surface area contributed by atoms with Crippen LogP contribution >= 0.6 is 23.2 Å². The lowest BCUT2D eigenvalue weighted by molar-refractivity contribution is -0.142. The van der Waals surface area contributed by atoms with Crippen molar-refractivity contribution in [1.29, 1.82) is 0 Å². The summed E-state index contributed by atoms with van der Waals surface area (Å²) < 4.78 is 10.9. The SMILES string of the molecule is COC(=O)CC1CCN(Cc2cc(Oc3cnc(NCc4cnc[nH]4)nc3)nc(-c3cc(Cl)cc(Cl)c3)c2)CC1. The number of benzene rings is 1. The molecule has 4 heterocycles. The molecule has 40 heavy (non-hydrogen) atoms. The quantitative estimate of drug-likeness (QED) is 0.226. The van der Waals surface area contributed by atoms with Crippen LogP contribution in [-0.2, 0) is 22.6 Å². The number of ether oxygens (including phenoxy) is 2. The van der Waals surface area contributed by atoms with Crippen LogP contribution in [0.4, 0.5) is 5.95 Å². The van der Waals surface area contributed by atoms with Crippen LogP contribution in [0.25, 0.3) is 11.3 Å². The molecule has 1 saturated heterocycles. The highest BCUT2D eigenvalue weighted by atomic mass is 35.5. The van der Waals surface area contributed by atoms with Gasteiger partial charge in [0, 0.05) is 40.8 Å². The van der Waals surface area contributed by atoms with Gasteiger partial charge in [-0.3, -0.25) is 9.69 Å². The number of hydrogen-bond donors (Lipinski definition) is 2. The van der Waals surface area contributed by atoms with E-state index >= 15 is 0 Å². The molecular formula is C28H29Cl2N7O3. The number of aromatic amines is 1. The molecule has 5 rings (SSSR count). The number of H-pyrrole nitrogens is 1. The fraction of sp³-hybridized carbons (Fsp3) is 0.321. The van der Waals surface area contributed by atoms with Gasteiger partial charge in [-0.05, 0) is 61.7 Å². The molecule has 0 bridgehead atoms. The van der Waals surface area contributed by atoms with Gasteiger partial charge in [0.1, 0.15) is 0 Å². The highest BCUT2D eigenvalue weighted by Crippen LogP contribution is 2.31. The van der Waals surface area contributed by atoms with Crippen molar-refractivity contribution in [2.45, 2.75) is 32.4 Å². The number of nitrogens with zero attached hydrogens (tertiary/aromatic N) is 5. The summed E-state index contributed by atoms with van der Waals surface area (Å²) in [6.07, 6.45) is 8.90. The molecule has 1 aliphatic heterocycles. The summed E-state index contributed by atoms with van der Waals surface area (Å²) in [5.74, 6) is 1.53. The first-order valence-corrected chi connectivity index (χ1v) is 13.7. The van der Waals surface area contributed by atoms with E-state index in [-0.39, 0.29) is 5.97 Å². The molecule has 12 heteroatoms. The molecule has 3 aromatic heterocycles. The van der Waals surface area contributed by atoms with Crippen LogP contribution in [0.5, 0.6) is 11.6 Å². The maximum atomic E-state index is 11.7. The summed E-state index contributed by atoms with van der Waals surface area (Å²) in [6, 6.07) is 9.27. The molecule has 2 N–H and O–H groups in total. The first-order chi connectivity index (χ1) is 19.4. The standard InChI is InChI=1S/C28H29Cl2N7O3/c1-39-27(38)8-18-2-4-37(5-3-18)16-19-6-25(20-9-21(29)11-22(30)10-20)36-26(7-19)40-24-14-33-28(34-15-24)32-13-23-12-31-17-35-23/h6-7,9-12,14-15,17-18H,2-5,8,13,16H2,1H3,(H,31,35)(H,32,33,34). The Balaban J connectivity index is 1.31. The number of pyridine rings is 1. The number of rotatable bonds is 10. The van der Waals surface area contributed by atoms with Crippen LogP contribution in [0.3, 0.4) is 0 Å². The molecule has 0 saturated carbocycles. The second-order valence-corrected chi connectivity index (χ2v) is 10.5. The van der Waals surface area contributed by atoms with Crippen molar-refractivity contribution in [2.75, 3.05) is 25.5 Å². The number of likely N-dealkylation sites (tertiary alicyclic amines) is 1. The predicted octanol–water partition coefficient (Wildman–Crippen LogP) is 5.75. The van der Waals surface area contributed by atoms with Crippen LogP contribution in [0.15, 0.2) is 55.2 Å². The van der Waals surface area contributed by atoms with E-state index in [1.54, 1.807) is 31.0 Å². The first-order valence-electron chi connectivity index (χ1n) is 12.9. The van der Waals surface area contributed by atoms with Crippen LogP contribution in [-0.4, -0.2) is 56.0 Å². The minimum Gasteiger partial charge on any atom is -0.469 e. The number of halogens is 2. The van der Waals surface area contributed by atoms with Crippen LogP contribution in [0.1, 0.15) is 30.5 Å². The molecule has 0 spiro atoms. The van der Waals surface area contributed by atoms with Crippen molar-refractivity contribution in [1.82, 2.24) is 29.8 Å². The monoisotopic (exact) mass is 581 g/mol. The minimum atomic E-state index is -0.148. The lowest BCUT2D eigenvalue weighted by atomic mass is 9.93. The van der Waals surface area contributed by atoms with Gasteiger partial charge in [0.25, 0.3) is 0 Å². The van der Waals surface area contributed by atoms with E-state index in [0.29, 0.717) is 58.7 Å². The second kappa shape index (κ2) is 13.1. The molecule has 10 nitrogen and oxygen atoms in total. The number of carbonyl (C=O) groups is 1. The lowest BCUT2D eigenvalue weighted by Gasteiger charge is -2.31. The zero-order valence-electron chi connectivity index (χ0n) is 21.9. The highest BCUT2D eigenvalue weighted by Gasteiger charge is 2.22. The number of anilines is 1. The van der Waals surface area contributed by atoms with E-state index in [1.807, 2.05) is 24.3 Å². The van der Waals surface area contributed by atoms with Crippen LogP contribution in [0, 0.1) is 5.92 Å². The summed E-state index contributed by atoms with van der Waals surface area (Å²) in [4.78, 5) is 34.5. The van der Waals surface area contributed by atoms with Gasteiger partial charge in [0.05, 0.1) is 43.8 Å². The molecule has 0 radical (unpaired) electrons. The number of esters is 1. The van der Waals surface area contributed by atoms with Crippen molar-refractivity contribution in [3.05, 3.63) is 76.6 Å². The van der Waals surface area contributed by atoms with Gasteiger partial charge in [-0.25, -0.2) is 19.9 Å². The zero-order valence-corrected chi connectivity index (χ0v) is 23.5. The van der Waals surface area contributed by atoms with E-state index in [0.717, 1.165) is 42.8 Å². The Bertz CT molecular complexity index is 1410. The normalized spacial score (nSPS) is 14.2. The molecule has 1 aromatic carbocycles. The van der Waals surface area contributed by atoms with E-state index in [9.17, 15) is 4.79 Å². The molecule has 0 aliphatic carbocycles. The summed E-state index contributed by atoms with van der Waals surface area (Å²) in [5, 5.41) is 4.18. The van der Waals surface area contributed by atoms with Gasteiger partial charge in [-0.2, -0.15) is 0 Å². The average molecular weight is 582 g/mol. The van der Waals surface area contributed by atoms with E-state index in [4.69, 9.17) is 37.7 Å². The Labute approximate surface area is 242 Å². The molecule has 0 unspecified atom stereocenters. The van der Waals surface area contributed by atoms with Gasteiger partial charge < -0.3 is 19.8 Å². The number of nitrogens with one attached hydrogen (secondary N) is 2. The van der Waals surface area contributed by atoms with Gasteiger partial charge in [-0.15, -0.1) is 0 Å². The smallest absolute Gasteiger partial charge is 0.305 e. The third-order valence-corrected chi connectivity index (χ3v) is 7.10. The largest absolute Gasteiger partial charge is 0.469 e. The van der Waals surface area contributed by atoms with Gasteiger partial charge >= 0.3 is 5.97 Å². The van der Waals surface area contributed by atoms with Gasteiger partial charge in [0.15, 0.2) is 5.75 Å². The van der Waals surface area contributed by atoms with E-state index in [2.05, 4.69) is 30.2 Å². The third kappa shape index (κ3) is 7.68. The number of imidazole rings is 1. The number of aromatic nitrogens is 5. The Hall–Kier alpha value is -3.73. The number of hydrogen-bond acceptors (Lipinski definition) is 9. The van der Waals surface area contributed by atoms with Crippen LogP contribution < -0.4 is 10.1 Å². The first kappa shape index (κ1) is 27.8. The fourth-order valence-corrected chi connectivity index (χ4v) is 5.14. The number of piperidine rings is 1. The van der Waals surface area contributed by atoms with Gasteiger partial charge in [0.2, 0.25) is 11.8 Å². The van der Waals surface area contributed by atoms with E-state index < -0.39 is 0 Å². The fourth-order valence-electron chi connectivity index (χ4n) is 4.61. The van der Waals surface area contributed by atoms with Crippen molar-refractivity contribution >= 4 is 35.1 Å². The topological polar surface area (TPSA) is 118 Å². The van der Waals surface area contributed by atoms with Crippen molar-refractivity contribution in [3.63, 3.8) is 0 Å². The summed E-state index contributed by atoms with van der Waals surface area (Å²) >= 11 is 12.6. The van der Waals surface area contributed by atoms with Crippen LogP contribution in [0.2, 0.25) is 10.0 Å². The molecule has 4 aromatic rings. The summed E-state index contributed by atoms with van der Waals surface area (Å²) in [6.45, 7) is 3.01. The maximum absolute atomic E-state index is 11.7. The Morgan fingerprint density at radius 2 is 1.82 bits per heavy atom. The average Bonchev–Trinajstić information content (AvgIpc) is 3.47. The van der Waals surface area contributed by atoms with Crippen molar-refractivity contribution in [3.8, 4) is 22.9 Å². The van der Waals surface area contributed by atoms with E-state index in [1.165, 1.54) is 7.11 Å². The zero-order chi connectivity index (χ0) is 27.9. The van der Waals surface area contributed by atoms with Crippen molar-refractivity contribution in [2.24, 2.45) is 5.92 Å². The summed E-state index contributed by atoms with van der Waals surface area (Å²) in [5.41, 5.74) is 3.43. The summed E-state index contributed by atoms with van der Waals surface area (Å²) in [7, 11) is 1.44.